The van der Waals surface area contributed by atoms with Crippen molar-refractivity contribution in [3.63, 3.8) is 0 Å². The van der Waals surface area contributed by atoms with Crippen LogP contribution >= 0.6 is 11.8 Å². The molecule has 0 aromatic carbocycles. The van der Waals surface area contributed by atoms with E-state index in [9.17, 15) is 0 Å². The molecule has 0 aliphatic heterocycles. The van der Waals surface area contributed by atoms with Crippen molar-refractivity contribution in [1.29, 1.82) is 0 Å². The first-order valence-corrected chi connectivity index (χ1v) is 6.62. The minimum Gasteiger partial charge on any atom is -0.135 e. The quantitative estimate of drug-likeness (QED) is 0.548. The molecule has 0 aromatic heterocycles. The lowest BCUT2D eigenvalue weighted by molar-refractivity contribution is 0.910. The summed E-state index contributed by atoms with van der Waals surface area (Å²) in [5.74, 6) is 0. The highest BCUT2D eigenvalue weighted by Gasteiger charge is 1.76. The highest BCUT2D eigenvalue weighted by atomic mass is 32.2. The lowest BCUT2D eigenvalue weighted by Gasteiger charge is -1.87. The Morgan fingerprint density at radius 2 is 1.71 bits per heavy atom. The van der Waals surface area contributed by atoms with Crippen LogP contribution < -0.4 is 0 Å². The highest BCUT2D eigenvalue weighted by molar-refractivity contribution is 8.02. The molecular weight excluding hydrogens is 188 g/mol. The van der Waals surface area contributed by atoms with Gasteiger partial charge in [0.05, 0.1) is 0 Å². The number of allylic oxidation sites excluding steroid dienone is 3. The first-order chi connectivity index (χ1) is 6.58. The summed E-state index contributed by atoms with van der Waals surface area (Å²) in [6.07, 6.45) is 6.59. The lowest BCUT2D eigenvalue weighted by Crippen LogP contribution is -1.66. The smallest absolute Gasteiger partial charge is 0.0140 e. The summed E-state index contributed by atoms with van der Waals surface area (Å²) < 4.78 is 0. The third-order valence-corrected chi connectivity index (χ3v) is 2.28. The molecule has 0 heterocycles. The molecule has 0 bridgehead atoms. The van der Waals surface area contributed by atoms with Crippen LogP contribution in [0.5, 0.6) is 0 Å². The fourth-order valence-corrected chi connectivity index (χ4v) is 0.780. The van der Waals surface area contributed by atoms with Crippen molar-refractivity contribution in [3.05, 3.63) is 23.1 Å². The van der Waals surface area contributed by atoms with Crippen molar-refractivity contribution in [2.75, 3.05) is 6.26 Å². The minimum absolute atomic E-state index is 1.18. The minimum atomic E-state index is 1.18. The molecule has 0 saturated carbocycles. The van der Waals surface area contributed by atoms with E-state index in [2.05, 4.69) is 39.7 Å². The molecule has 0 atom stereocenters. The van der Waals surface area contributed by atoms with E-state index < -0.39 is 0 Å². The zero-order valence-corrected chi connectivity index (χ0v) is 11.9. The molecule has 0 saturated heterocycles. The van der Waals surface area contributed by atoms with E-state index in [0.29, 0.717) is 0 Å². The third-order valence-electron chi connectivity index (χ3n) is 1.41. The van der Waals surface area contributed by atoms with Gasteiger partial charge in [-0.2, -0.15) is 0 Å². The van der Waals surface area contributed by atoms with Crippen LogP contribution in [0.1, 0.15) is 54.4 Å². The lowest BCUT2D eigenvalue weighted by atomic mass is 10.2. The van der Waals surface area contributed by atoms with Crippen LogP contribution in [-0.4, -0.2) is 6.26 Å². The molecule has 14 heavy (non-hydrogen) atoms. The molecule has 1 heteroatoms. The Hall–Kier alpha value is -0.170. The van der Waals surface area contributed by atoms with Gasteiger partial charge < -0.3 is 0 Å². The van der Waals surface area contributed by atoms with E-state index in [4.69, 9.17) is 0 Å². The second kappa shape index (κ2) is 18.6. The first kappa shape index (κ1) is 19.4. The molecule has 0 N–H and O–H groups in total. The molecule has 0 radical (unpaired) electrons. The fraction of sp³-hybridized carbons (Fsp3) is 0.692. The standard InChI is InChI=1S/C6H12.C5H10S.C2H6/c1-4-5-6(2)3;1-4-5(2)6-3;1-2/h2,4-5H2,1,3H3;4H,1-3H3;1-2H3/b;5-4+;. The van der Waals surface area contributed by atoms with Crippen LogP contribution in [0.25, 0.3) is 0 Å². The van der Waals surface area contributed by atoms with E-state index in [1.807, 2.05) is 20.8 Å². The van der Waals surface area contributed by atoms with Crippen LogP contribution in [0.15, 0.2) is 23.1 Å². The number of thioether (sulfide) groups is 1. The van der Waals surface area contributed by atoms with Gasteiger partial charge in [0.15, 0.2) is 0 Å². The maximum absolute atomic E-state index is 3.74. The summed E-state index contributed by atoms with van der Waals surface area (Å²) in [5, 5.41) is 0. The van der Waals surface area contributed by atoms with E-state index in [1.165, 1.54) is 23.3 Å². The Bertz CT molecular complexity index is 134. The van der Waals surface area contributed by atoms with E-state index in [-0.39, 0.29) is 0 Å². The maximum Gasteiger partial charge on any atom is -0.0140 e. The molecular formula is C13H28S. The monoisotopic (exact) mass is 216 g/mol. The molecule has 0 unspecified atom stereocenters. The van der Waals surface area contributed by atoms with Gasteiger partial charge in [0.1, 0.15) is 0 Å². The van der Waals surface area contributed by atoms with Crippen LogP contribution in [0.4, 0.5) is 0 Å². The second-order valence-corrected chi connectivity index (χ2v) is 3.86. The molecule has 0 rings (SSSR count). The molecule has 86 valence electrons. The van der Waals surface area contributed by atoms with E-state index in [1.54, 1.807) is 11.8 Å². The Kier molecular flexibility index (Phi) is 25.8. The highest BCUT2D eigenvalue weighted by Crippen LogP contribution is 2.07. The SMILES string of the molecule is C/C=C(\C)SC.C=C(C)CCC.CC. The van der Waals surface area contributed by atoms with Crippen LogP contribution in [-0.2, 0) is 0 Å². The third kappa shape index (κ3) is 29.7. The molecule has 0 spiro atoms. The van der Waals surface area contributed by atoms with Gasteiger partial charge in [-0.15, -0.1) is 18.3 Å². The number of hydrogen-bond donors (Lipinski definition) is 0. The number of rotatable bonds is 3. The molecule has 0 fully saturated rings. The fourth-order valence-electron chi connectivity index (χ4n) is 0.545. The van der Waals surface area contributed by atoms with Crippen molar-refractivity contribution in [2.45, 2.75) is 54.4 Å². The average molecular weight is 216 g/mol. The van der Waals surface area contributed by atoms with Gasteiger partial charge in [0.2, 0.25) is 0 Å². The Morgan fingerprint density at radius 1 is 1.29 bits per heavy atom. The number of hydrogen-bond acceptors (Lipinski definition) is 1. The van der Waals surface area contributed by atoms with Crippen molar-refractivity contribution >= 4 is 11.8 Å². The van der Waals surface area contributed by atoms with Crippen LogP contribution in [0.2, 0.25) is 0 Å². The molecule has 0 nitrogen and oxygen atoms in total. The van der Waals surface area contributed by atoms with Crippen molar-refractivity contribution < 1.29 is 0 Å². The van der Waals surface area contributed by atoms with Crippen LogP contribution in [0, 0.1) is 0 Å². The van der Waals surface area contributed by atoms with Gasteiger partial charge in [-0.05, 0) is 38.4 Å². The second-order valence-electron chi connectivity index (χ2n) is 2.81. The predicted octanol–water partition coefficient (Wildman–Crippen LogP) is 5.66. The molecule has 0 aliphatic rings. The first-order valence-electron chi connectivity index (χ1n) is 5.39. The maximum atomic E-state index is 3.74. The van der Waals surface area contributed by atoms with Crippen LogP contribution in [0.3, 0.4) is 0 Å². The van der Waals surface area contributed by atoms with Crippen molar-refractivity contribution in [1.82, 2.24) is 0 Å². The summed E-state index contributed by atoms with van der Waals surface area (Å²) in [5.41, 5.74) is 1.29. The van der Waals surface area contributed by atoms with Gasteiger partial charge in [0, 0.05) is 0 Å². The van der Waals surface area contributed by atoms with Gasteiger partial charge in [-0.1, -0.05) is 38.8 Å². The summed E-state index contributed by atoms with van der Waals surface area (Å²) in [7, 11) is 0. The Morgan fingerprint density at radius 3 is 1.71 bits per heavy atom. The molecule has 0 amide bonds. The largest absolute Gasteiger partial charge is 0.135 e. The summed E-state index contributed by atoms with van der Waals surface area (Å²) in [6, 6.07) is 0. The molecule has 0 aromatic rings. The summed E-state index contributed by atoms with van der Waals surface area (Å²) >= 11 is 1.79. The van der Waals surface area contributed by atoms with Gasteiger partial charge in [-0.3, -0.25) is 0 Å². The average Bonchev–Trinajstić information content (AvgIpc) is 2.20. The van der Waals surface area contributed by atoms with Gasteiger partial charge in [-0.25, -0.2) is 0 Å². The zero-order valence-electron chi connectivity index (χ0n) is 11.1. The van der Waals surface area contributed by atoms with Gasteiger partial charge in [0.25, 0.3) is 0 Å². The molecule has 0 aliphatic carbocycles. The van der Waals surface area contributed by atoms with E-state index in [0.717, 1.165) is 0 Å². The summed E-state index contributed by atoms with van der Waals surface area (Å²) in [6.45, 7) is 16.1. The Labute approximate surface area is 95.9 Å². The Balaban J connectivity index is -0.000000147. The van der Waals surface area contributed by atoms with Crippen molar-refractivity contribution in [3.8, 4) is 0 Å². The predicted molar refractivity (Wildman–Crippen MR) is 74.0 cm³/mol. The topological polar surface area (TPSA) is 0 Å². The van der Waals surface area contributed by atoms with Crippen molar-refractivity contribution in [2.24, 2.45) is 0 Å². The summed E-state index contributed by atoms with van der Waals surface area (Å²) in [4.78, 5) is 1.38. The zero-order chi connectivity index (χ0) is 12.0. The van der Waals surface area contributed by atoms with Gasteiger partial charge >= 0.3 is 0 Å². The normalized spacial score (nSPS) is 9.21. The van der Waals surface area contributed by atoms with E-state index >= 15 is 0 Å².